The fourth-order valence-corrected chi connectivity index (χ4v) is 3.68. The average molecular weight is 268 g/mol. The second-order valence-electron chi connectivity index (χ2n) is 4.58. The molecule has 1 aliphatic carbocycles. The highest BCUT2D eigenvalue weighted by molar-refractivity contribution is 7.89. The highest BCUT2D eigenvalue weighted by atomic mass is 35.5. The first kappa shape index (κ1) is 14.3. The van der Waals surface area contributed by atoms with Crippen molar-refractivity contribution in [1.82, 2.24) is 4.72 Å². The van der Waals surface area contributed by atoms with Gasteiger partial charge in [-0.25, -0.2) is 13.1 Å². The lowest BCUT2D eigenvalue weighted by atomic mass is 9.89. The van der Waals surface area contributed by atoms with Crippen molar-refractivity contribution >= 4 is 21.6 Å². The molecule has 96 valence electrons. The van der Waals surface area contributed by atoms with Crippen molar-refractivity contribution in [3.8, 4) is 0 Å². The summed E-state index contributed by atoms with van der Waals surface area (Å²) in [7, 11) is -3.08. The van der Waals surface area contributed by atoms with E-state index in [0.29, 0.717) is 12.5 Å². The summed E-state index contributed by atoms with van der Waals surface area (Å²) in [5.41, 5.74) is 0. The second kappa shape index (κ2) is 6.82. The van der Waals surface area contributed by atoms with Gasteiger partial charge in [0.15, 0.2) is 0 Å². The molecule has 0 aromatic carbocycles. The van der Waals surface area contributed by atoms with Gasteiger partial charge >= 0.3 is 0 Å². The molecular weight excluding hydrogens is 246 g/mol. The standard InChI is InChI=1S/C11H22ClNO2S/c1-2-3-8-16(14,15)13-9-10-6-4-5-7-11(10)12/h10-11,13H,2-9H2,1H3. The number of hydrogen-bond acceptors (Lipinski definition) is 2. The quantitative estimate of drug-likeness (QED) is 0.752. The van der Waals surface area contributed by atoms with Gasteiger partial charge in [-0.05, 0) is 25.2 Å². The maximum Gasteiger partial charge on any atom is 0.211 e. The number of rotatable bonds is 6. The van der Waals surface area contributed by atoms with Gasteiger partial charge < -0.3 is 0 Å². The number of unbranched alkanes of at least 4 members (excludes halogenated alkanes) is 1. The van der Waals surface area contributed by atoms with E-state index >= 15 is 0 Å². The summed E-state index contributed by atoms with van der Waals surface area (Å²) in [4.78, 5) is 0. The van der Waals surface area contributed by atoms with Gasteiger partial charge in [-0.3, -0.25) is 0 Å². The Bertz CT molecular complexity index is 292. The molecule has 2 atom stereocenters. The summed E-state index contributed by atoms with van der Waals surface area (Å²) in [6.45, 7) is 2.51. The van der Waals surface area contributed by atoms with Crippen molar-refractivity contribution in [3.63, 3.8) is 0 Å². The zero-order chi connectivity index (χ0) is 12.0. The largest absolute Gasteiger partial charge is 0.215 e. The molecule has 0 radical (unpaired) electrons. The minimum atomic E-state index is -3.08. The molecule has 0 spiro atoms. The van der Waals surface area contributed by atoms with Crippen LogP contribution in [-0.2, 0) is 10.0 Å². The Morgan fingerprint density at radius 2 is 2.00 bits per heavy atom. The number of hydrogen-bond donors (Lipinski definition) is 1. The fourth-order valence-electron chi connectivity index (χ4n) is 2.03. The van der Waals surface area contributed by atoms with E-state index < -0.39 is 10.0 Å². The van der Waals surface area contributed by atoms with Crippen LogP contribution in [-0.4, -0.2) is 26.1 Å². The van der Waals surface area contributed by atoms with Crippen LogP contribution in [0.2, 0.25) is 0 Å². The van der Waals surface area contributed by atoms with E-state index in [1.165, 1.54) is 12.8 Å². The molecule has 0 bridgehead atoms. The first-order valence-electron chi connectivity index (χ1n) is 6.16. The van der Waals surface area contributed by atoms with Gasteiger partial charge in [0, 0.05) is 11.9 Å². The van der Waals surface area contributed by atoms with Crippen LogP contribution in [0.1, 0.15) is 45.4 Å². The van der Waals surface area contributed by atoms with Crippen molar-refractivity contribution in [3.05, 3.63) is 0 Å². The molecule has 0 heterocycles. The van der Waals surface area contributed by atoms with Gasteiger partial charge in [0.2, 0.25) is 10.0 Å². The van der Waals surface area contributed by atoms with Crippen LogP contribution < -0.4 is 4.72 Å². The summed E-state index contributed by atoms with van der Waals surface area (Å²) in [6, 6.07) is 0. The third-order valence-corrected chi connectivity index (χ3v) is 5.16. The van der Waals surface area contributed by atoms with Crippen molar-refractivity contribution in [2.24, 2.45) is 5.92 Å². The topological polar surface area (TPSA) is 46.2 Å². The van der Waals surface area contributed by atoms with Gasteiger partial charge in [-0.2, -0.15) is 0 Å². The Balaban J connectivity index is 2.32. The molecule has 1 aliphatic rings. The van der Waals surface area contributed by atoms with Gasteiger partial charge in [0.1, 0.15) is 0 Å². The zero-order valence-corrected chi connectivity index (χ0v) is 11.5. The van der Waals surface area contributed by atoms with Crippen LogP contribution in [0.25, 0.3) is 0 Å². The second-order valence-corrected chi connectivity index (χ2v) is 7.07. The third-order valence-electron chi connectivity index (χ3n) is 3.15. The molecule has 0 aliphatic heterocycles. The molecule has 0 saturated heterocycles. The first-order valence-corrected chi connectivity index (χ1v) is 8.25. The number of sulfonamides is 1. The fraction of sp³-hybridized carbons (Fsp3) is 1.00. The lowest BCUT2D eigenvalue weighted by Crippen LogP contribution is -2.35. The molecule has 0 amide bonds. The molecule has 1 fully saturated rings. The van der Waals surface area contributed by atoms with Gasteiger partial charge in [0.05, 0.1) is 5.75 Å². The van der Waals surface area contributed by atoms with Crippen molar-refractivity contribution in [2.45, 2.75) is 50.8 Å². The number of alkyl halides is 1. The Labute approximate surface area is 104 Å². The van der Waals surface area contributed by atoms with Crippen LogP contribution in [0.4, 0.5) is 0 Å². The molecule has 1 saturated carbocycles. The summed E-state index contributed by atoms with van der Waals surface area (Å²) in [5.74, 6) is 0.551. The maximum atomic E-state index is 11.6. The van der Waals surface area contributed by atoms with Crippen molar-refractivity contribution in [2.75, 3.05) is 12.3 Å². The van der Waals surface area contributed by atoms with E-state index in [1.807, 2.05) is 6.92 Å². The smallest absolute Gasteiger partial charge is 0.211 e. The minimum absolute atomic E-state index is 0.141. The highest BCUT2D eigenvalue weighted by Crippen LogP contribution is 2.28. The van der Waals surface area contributed by atoms with E-state index in [9.17, 15) is 8.42 Å². The van der Waals surface area contributed by atoms with E-state index in [-0.39, 0.29) is 11.1 Å². The van der Waals surface area contributed by atoms with E-state index in [2.05, 4.69) is 4.72 Å². The predicted octanol–water partition coefficient (Wildman–Crippen LogP) is 2.50. The molecule has 3 nitrogen and oxygen atoms in total. The molecule has 1 N–H and O–H groups in total. The Hall–Kier alpha value is 0.200. The lowest BCUT2D eigenvalue weighted by Gasteiger charge is -2.26. The third kappa shape index (κ3) is 5.02. The highest BCUT2D eigenvalue weighted by Gasteiger charge is 2.24. The van der Waals surface area contributed by atoms with Gasteiger partial charge in [-0.1, -0.05) is 26.2 Å². The minimum Gasteiger partial charge on any atom is -0.215 e. The van der Waals surface area contributed by atoms with Crippen molar-refractivity contribution < 1.29 is 8.42 Å². The van der Waals surface area contributed by atoms with Crippen LogP contribution in [0.5, 0.6) is 0 Å². The van der Waals surface area contributed by atoms with E-state index in [0.717, 1.165) is 25.7 Å². The summed E-state index contributed by atoms with van der Waals surface area (Å²) in [6.07, 6.45) is 6.04. The van der Waals surface area contributed by atoms with Gasteiger partial charge in [0.25, 0.3) is 0 Å². The number of nitrogens with one attached hydrogen (secondary N) is 1. The molecule has 0 aromatic heterocycles. The summed E-state index contributed by atoms with van der Waals surface area (Å²) >= 11 is 6.18. The molecule has 1 rings (SSSR count). The Kier molecular flexibility index (Phi) is 6.08. The molecule has 0 aromatic rings. The summed E-state index contributed by atoms with van der Waals surface area (Å²) in [5, 5.41) is 0.141. The van der Waals surface area contributed by atoms with Crippen LogP contribution >= 0.6 is 11.6 Å². The zero-order valence-electron chi connectivity index (χ0n) is 9.91. The monoisotopic (exact) mass is 267 g/mol. The molecule has 16 heavy (non-hydrogen) atoms. The first-order chi connectivity index (χ1) is 7.55. The molecular formula is C11H22ClNO2S. The Morgan fingerprint density at radius 1 is 1.31 bits per heavy atom. The number of halogens is 1. The van der Waals surface area contributed by atoms with Crippen LogP contribution in [0.15, 0.2) is 0 Å². The normalized spacial score (nSPS) is 26.9. The molecule has 5 heteroatoms. The van der Waals surface area contributed by atoms with Gasteiger partial charge in [-0.15, -0.1) is 11.6 Å². The van der Waals surface area contributed by atoms with Crippen molar-refractivity contribution in [1.29, 1.82) is 0 Å². The van der Waals surface area contributed by atoms with E-state index in [1.54, 1.807) is 0 Å². The lowest BCUT2D eigenvalue weighted by molar-refractivity contribution is 0.364. The maximum absolute atomic E-state index is 11.6. The van der Waals surface area contributed by atoms with E-state index in [4.69, 9.17) is 11.6 Å². The SMILES string of the molecule is CCCCS(=O)(=O)NCC1CCCCC1Cl. The predicted molar refractivity (Wildman–Crippen MR) is 68.3 cm³/mol. The summed E-state index contributed by atoms with van der Waals surface area (Å²) < 4.78 is 25.9. The molecule has 2 unspecified atom stereocenters. The average Bonchev–Trinajstić information content (AvgIpc) is 2.26. The van der Waals surface area contributed by atoms with Crippen LogP contribution in [0.3, 0.4) is 0 Å². The Morgan fingerprint density at radius 3 is 2.62 bits per heavy atom. The van der Waals surface area contributed by atoms with Crippen LogP contribution in [0, 0.1) is 5.92 Å².